The second-order valence-electron chi connectivity index (χ2n) is 5.63. The van der Waals surface area contributed by atoms with Crippen LogP contribution in [0.2, 0.25) is 0 Å². The van der Waals surface area contributed by atoms with Crippen molar-refractivity contribution >= 4 is 33.8 Å². The number of aromatic nitrogens is 1. The van der Waals surface area contributed by atoms with Gasteiger partial charge in [-0.05, 0) is 48.4 Å². The predicted molar refractivity (Wildman–Crippen MR) is 95.9 cm³/mol. The fourth-order valence-electron chi connectivity index (χ4n) is 2.67. The molecule has 1 aliphatic heterocycles. The van der Waals surface area contributed by atoms with E-state index >= 15 is 0 Å². The number of aryl methyl sites for hydroxylation is 1. The van der Waals surface area contributed by atoms with E-state index < -0.39 is 0 Å². The highest BCUT2D eigenvalue weighted by Crippen LogP contribution is 2.31. The molecule has 1 amide bonds. The van der Waals surface area contributed by atoms with Gasteiger partial charge < -0.3 is 15.7 Å². The number of nitrogens with one attached hydrogen (secondary N) is 2. The zero-order valence-corrected chi connectivity index (χ0v) is 13.6. The highest BCUT2D eigenvalue weighted by molar-refractivity contribution is 7.14. The Balaban J connectivity index is 1.56. The van der Waals surface area contributed by atoms with Gasteiger partial charge >= 0.3 is 0 Å². The van der Waals surface area contributed by atoms with Gasteiger partial charge in [0.05, 0.1) is 5.69 Å². The van der Waals surface area contributed by atoms with Crippen molar-refractivity contribution in [2.45, 2.75) is 12.8 Å². The molecule has 0 spiro atoms. The van der Waals surface area contributed by atoms with E-state index in [1.54, 1.807) is 24.3 Å². The first-order valence-electron chi connectivity index (χ1n) is 7.62. The van der Waals surface area contributed by atoms with Crippen LogP contribution in [-0.2, 0) is 11.2 Å². The summed E-state index contributed by atoms with van der Waals surface area (Å²) in [4.78, 5) is 16.1. The molecule has 0 atom stereocenters. The van der Waals surface area contributed by atoms with Gasteiger partial charge in [-0.15, -0.1) is 11.3 Å². The number of carbonyl (C=O) groups is 1. The second kappa shape index (κ2) is 5.98. The van der Waals surface area contributed by atoms with E-state index in [-0.39, 0.29) is 11.7 Å². The summed E-state index contributed by atoms with van der Waals surface area (Å²) in [6.45, 7) is 0. The molecular weight excluding hydrogens is 322 g/mol. The number of rotatable bonds is 3. The van der Waals surface area contributed by atoms with Crippen LogP contribution in [0, 0.1) is 0 Å². The van der Waals surface area contributed by atoms with Crippen LogP contribution in [0.25, 0.3) is 11.3 Å². The maximum absolute atomic E-state index is 11.4. The van der Waals surface area contributed by atoms with E-state index in [1.165, 1.54) is 11.3 Å². The highest BCUT2D eigenvalue weighted by Gasteiger charge is 2.15. The average Bonchev–Trinajstić information content (AvgIpc) is 3.05. The number of phenolic OH excluding ortho intramolecular Hbond substituents is 1. The summed E-state index contributed by atoms with van der Waals surface area (Å²) < 4.78 is 0. The summed E-state index contributed by atoms with van der Waals surface area (Å²) in [5.74, 6) is 0.311. The standard InChI is InChI=1S/C18H15N3O2S/c22-14-5-3-13(4-6-14)19-18-21-16(10-24-18)12-1-7-15-11(9-12)2-8-17(23)20-15/h1,3-7,9-10,22H,2,8H2,(H,19,21)(H,20,23). The second-order valence-corrected chi connectivity index (χ2v) is 6.49. The van der Waals surface area contributed by atoms with Crippen LogP contribution in [0.5, 0.6) is 5.75 Å². The van der Waals surface area contributed by atoms with Crippen molar-refractivity contribution in [3.05, 3.63) is 53.4 Å². The lowest BCUT2D eigenvalue weighted by molar-refractivity contribution is -0.116. The fraction of sp³-hybridized carbons (Fsp3) is 0.111. The number of thiazole rings is 1. The Hall–Kier alpha value is -2.86. The van der Waals surface area contributed by atoms with Crippen molar-refractivity contribution < 1.29 is 9.90 Å². The smallest absolute Gasteiger partial charge is 0.224 e. The SMILES string of the molecule is O=C1CCc2cc(-c3csc(Nc4ccc(O)cc4)n3)ccc2N1. The van der Waals surface area contributed by atoms with Crippen LogP contribution in [0.15, 0.2) is 47.8 Å². The van der Waals surface area contributed by atoms with Crippen LogP contribution >= 0.6 is 11.3 Å². The van der Waals surface area contributed by atoms with Gasteiger partial charge in [0.2, 0.25) is 5.91 Å². The van der Waals surface area contributed by atoms with Crippen LogP contribution in [0.1, 0.15) is 12.0 Å². The molecule has 1 aliphatic rings. The maximum Gasteiger partial charge on any atom is 0.224 e. The van der Waals surface area contributed by atoms with Gasteiger partial charge in [0.25, 0.3) is 0 Å². The Morgan fingerprint density at radius 2 is 1.96 bits per heavy atom. The summed E-state index contributed by atoms with van der Waals surface area (Å²) >= 11 is 1.53. The van der Waals surface area contributed by atoms with E-state index in [4.69, 9.17) is 0 Å². The summed E-state index contributed by atoms with van der Waals surface area (Å²) in [6, 6.07) is 12.9. The minimum absolute atomic E-state index is 0.0734. The Bertz CT molecular complexity index is 903. The molecule has 24 heavy (non-hydrogen) atoms. The van der Waals surface area contributed by atoms with Crippen LogP contribution < -0.4 is 10.6 Å². The quantitative estimate of drug-likeness (QED) is 0.628. The van der Waals surface area contributed by atoms with Crippen molar-refractivity contribution in [3.8, 4) is 17.0 Å². The maximum atomic E-state index is 11.4. The van der Waals surface area contributed by atoms with Crippen molar-refractivity contribution in [2.24, 2.45) is 0 Å². The summed E-state index contributed by atoms with van der Waals surface area (Å²) in [5.41, 5.74) is 4.86. The molecule has 120 valence electrons. The molecule has 0 saturated heterocycles. The largest absolute Gasteiger partial charge is 0.508 e. The van der Waals surface area contributed by atoms with E-state index in [0.29, 0.717) is 6.42 Å². The Labute approximate surface area is 143 Å². The number of aromatic hydroxyl groups is 1. The molecule has 0 aliphatic carbocycles. The number of anilines is 3. The molecule has 5 nitrogen and oxygen atoms in total. The van der Waals surface area contributed by atoms with E-state index in [2.05, 4.69) is 21.7 Å². The lowest BCUT2D eigenvalue weighted by Gasteiger charge is -2.17. The minimum Gasteiger partial charge on any atom is -0.508 e. The fourth-order valence-corrected chi connectivity index (χ4v) is 3.41. The number of phenols is 1. The molecule has 3 aromatic rings. The molecule has 0 unspecified atom stereocenters. The van der Waals surface area contributed by atoms with Gasteiger partial charge in [0.1, 0.15) is 5.75 Å². The van der Waals surface area contributed by atoms with Gasteiger partial charge in [-0.2, -0.15) is 0 Å². The molecular formula is C18H15N3O2S. The Morgan fingerprint density at radius 1 is 1.12 bits per heavy atom. The number of benzene rings is 2. The zero-order chi connectivity index (χ0) is 16.5. The van der Waals surface area contributed by atoms with Crippen LogP contribution in [0.3, 0.4) is 0 Å². The van der Waals surface area contributed by atoms with Gasteiger partial charge in [-0.25, -0.2) is 4.98 Å². The molecule has 2 aromatic carbocycles. The Kier molecular flexibility index (Phi) is 3.66. The number of carbonyl (C=O) groups excluding carboxylic acids is 1. The molecule has 0 radical (unpaired) electrons. The first kappa shape index (κ1) is 14.7. The number of hydrogen-bond donors (Lipinski definition) is 3. The number of fused-ring (bicyclic) bond motifs is 1. The number of nitrogens with zero attached hydrogens (tertiary/aromatic N) is 1. The highest BCUT2D eigenvalue weighted by atomic mass is 32.1. The third-order valence-electron chi connectivity index (χ3n) is 3.92. The molecule has 3 N–H and O–H groups in total. The van der Waals surface area contributed by atoms with Gasteiger partial charge in [-0.1, -0.05) is 6.07 Å². The predicted octanol–water partition coefficient (Wildman–Crippen LogP) is 4.14. The minimum atomic E-state index is 0.0734. The monoisotopic (exact) mass is 337 g/mol. The first-order valence-corrected chi connectivity index (χ1v) is 8.50. The number of amides is 1. The topological polar surface area (TPSA) is 74.2 Å². The summed E-state index contributed by atoms with van der Waals surface area (Å²) in [5, 5.41) is 18.2. The molecule has 0 saturated carbocycles. The summed E-state index contributed by atoms with van der Waals surface area (Å²) in [7, 11) is 0. The molecule has 4 rings (SSSR count). The van der Waals surface area contributed by atoms with Crippen molar-refractivity contribution in [1.29, 1.82) is 0 Å². The first-order chi connectivity index (χ1) is 11.7. The third kappa shape index (κ3) is 2.96. The molecule has 6 heteroatoms. The average molecular weight is 337 g/mol. The lowest BCUT2D eigenvalue weighted by atomic mass is 9.99. The van der Waals surface area contributed by atoms with Gasteiger partial charge in [0.15, 0.2) is 5.13 Å². The molecule has 0 bridgehead atoms. The molecule has 2 heterocycles. The van der Waals surface area contributed by atoms with Crippen molar-refractivity contribution in [2.75, 3.05) is 10.6 Å². The normalized spacial score (nSPS) is 13.2. The zero-order valence-electron chi connectivity index (χ0n) is 12.7. The Morgan fingerprint density at radius 3 is 2.79 bits per heavy atom. The van der Waals surface area contributed by atoms with Crippen LogP contribution in [0.4, 0.5) is 16.5 Å². The van der Waals surface area contributed by atoms with E-state index in [0.717, 1.165) is 39.7 Å². The van der Waals surface area contributed by atoms with Crippen molar-refractivity contribution in [1.82, 2.24) is 4.98 Å². The lowest BCUT2D eigenvalue weighted by Crippen LogP contribution is -2.18. The number of hydrogen-bond acceptors (Lipinski definition) is 5. The van der Waals surface area contributed by atoms with E-state index in [9.17, 15) is 9.90 Å². The molecule has 1 aromatic heterocycles. The van der Waals surface area contributed by atoms with Gasteiger partial charge in [-0.3, -0.25) is 4.79 Å². The van der Waals surface area contributed by atoms with Crippen molar-refractivity contribution in [3.63, 3.8) is 0 Å². The van der Waals surface area contributed by atoms with Gasteiger partial charge in [0, 0.05) is 28.7 Å². The van der Waals surface area contributed by atoms with Crippen LogP contribution in [-0.4, -0.2) is 16.0 Å². The third-order valence-corrected chi connectivity index (χ3v) is 4.68. The van der Waals surface area contributed by atoms with E-state index in [1.807, 2.05) is 17.5 Å². The summed E-state index contributed by atoms with van der Waals surface area (Å²) in [6.07, 6.45) is 1.29. The molecule has 0 fully saturated rings.